The van der Waals surface area contributed by atoms with Gasteiger partial charge in [0.25, 0.3) is 0 Å². The maximum Gasteiger partial charge on any atom is 1.00 e. The topological polar surface area (TPSA) is 9.23 Å². The van der Waals surface area contributed by atoms with Crippen LogP contribution in [-0.4, -0.2) is 13.1 Å². The zero-order valence-corrected chi connectivity index (χ0v) is 11.8. The number of rotatable bonds is 1. The zero-order valence-electron chi connectivity index (χ0n) is 8.64. The van der Waals surface area contributed by atoms with E-state index in [9.17, 15) is 12.9 Å². The number of hydrogen-bond donors (Lipinski definition) is 0. The molecule has 0 aliphatic carbocycles. The third-order valence-electron chi connectivity index (χ3n) is 2.30. The van der Waals surface area contributed by atoms with Gasteiger partial charge in [0.15, 0.2) is 0 Å². The molecule has 0 N–H and O–H groups in total. The molecule has 1 heterocycles. The van der Waals surface area contributed by atoms with Crippen LogP contribution in [0.2, 0.25) is 0 Å². The number of ether oxygens (including phenoxy) is 1. The van der Waals surface area contributed by atoms with E-state index >= 15 is 0 Å². The molecule has 0 bridgehead atoms. The van der Waals surface area contributed by atoms with Crippen LogP contribution in [0.3, 0.4) is 0 Å². The summed E-state index contributed by atoms with van der Waals surface area (Å²) < 4.78 is 42.4. The molecule has 0 fully saturated rings. The Morgan fingerprint density at radius 2 is 2.00 bits per heavy atom. The molecule has 6 heteroatoms. The smallest absolute Gasteiger partial charge is 0.490 e. The van der Waals surface area contributed by atoms with Crippen molar-refractivity contribution >= 4 is 12.4 Å². The van der Waals surface area contributed by atoms with Crippen LogP contribution in [0.15, 0.2) is 18.2 Å². The quantitative estimate of drug-likeness (QED) is 0.576. The Kier molecular flexibility index (Phi) is 4.34. The van der Waals surface area contributed by atoms with Crippen molar-refractivity contribution in [1.82, 2.24) is 0 Å². The summed E-state index contributed by atoms with van der Waals surface area (Å²) >= 11 is 0. The van der Waals surface area contributed by atoms with Crippen molar-refractivity contribution in [1.29, 1.82) is 0 Å². The predicted octanol–water partition coefficient (Wildman–Crippen LogP) is -0.932. The van der Waals surface area contributed by atoms with Crippen molar-refractivity contribution in [2.75, 3.05) is 0 Å². The Morgan fingerprint density at radius 3 is 2.60 bits per heavy atom. The first-order valence-corrected chi connectivity index (χ1v) is 4.46. The van der Waals surface area contributed by atoms with Crippen LogP contribution in [-0.2, 0) is 6.42 Å². The van der Waals surface area contributed by atoms with Gasteiger partial charge in [0.1, 0.15) is 11.9 Å². The van der Waals surface area contributed by atoms with E-state index in [1.165, 1.54) is 12.1 Å². The number of benzene rings is 1. The van der Waals surface area contributed by atoms with Crippen LogP contribution < -0.4 is 61.6 Å². The normalized spacial score (nSPS) is 19.1. The summed E-state index contributed by atoms with van der Waals surface area (Å²) in [5.74, 6) is 0.585. The first-order valence-electron chi connectivity index (χ1n) is 4.46. The molecule has 0 amide bonds. The molecule has 1 nitrogen and oxygen atoms in total. The van der Waals surface area contributed by atoms with E-state index in [-0.39, 0.29) is 57.5 Å². The molecule has 1 aliphatic rings. The summed E-state index contributed by atoms with van der Waals surface area (Å²) in [5, 5.41) is 0. The summed E-state index contributed by atoms with van der Waals surface area (Å²) in [5.41, 5.74) is 0.121. The maximum atomic E-state index is 12.4. The van der Waals surface area contributed by atoms with Crippen LogP contribution in [0.1, 0.15) is 12.5 Å². The average molecular weight is 240 g/mol. The molecule has 2 rings (SSSR count). The van der Waals surface area contributed by atoms with Crippen LogP contribution in [0.25, 0.3) is 0 Å². The molecule has 1 atom stereocenters. The monoisotopic (exact) mass is 240 g/mol. The van der Waals surface area contributed by atoms with Gasteiger partial charge in [0, 0.05) is 6.42 Å². The molecule has 0 saturated carbocycles. The Hall–Kier alpha value is 0.511. The zero-order chi connectivity index (χ0) is 10.3. The van der Waals surface area contributed by atoms with E-state index in [0.29, 0.717) is 17.7 Å². The first-order chi connectivity index (χ1) is 6.47. The fourth-order valence-electron chi connectivity index (χ4n) is 1.65. The van der Waals surface area contributed by atoms with Gasteiger partial charge in [-0.15, -0.1) is 5.46 Å². The molecule has 1 aliphatic heterocycles. The fourth-order valence-corrected chi connectivity index (χ4v) is 1.65. The van der Waals surface area contributed by atoms with Crippen LogP contribution in [0.5, 0.6) is 5.75 Å². The fraction of sp³-hybridized carbons (Fsp3) is 0.333. The second-order valence-electron chi connectivity index (χ2n) is 3.57. The Bertz CT molecular complexity index is 367. The van der Waals surface area contributed by atoms with Gasteiger partial charge in [-0.2, -0.15) is 0 Å². The van der Waals surface area contributed by atoms with Crippen molar-refractivity contribution in [3.63, 3.8) is 0 Å². The van der Waals surface area contributed by atoms with Gasteiger partial charge in [-0.1, -0.05) is 12.1 Å². The summed E-state index contributed by atoms with van der Waals surface area (Å²) in [6.45, 7) is -3.04. The van der Waals surface area contributed by atoms with E-state index in [1.54, 1.807) is 0 Å². The van der Waals surface area contributed by atoms with Crippen LogP contribution in [0, 0.1) is 0 Å². The molecule has 1 aromatic rings. The molecule has 1 unspecified atom stereocenters. The van der Waals surface area contributed by atoms with Gasteiger partial charge >= 0.3 is 58.4 Å². The first kappa shape index (κ1) is 13.6. The van der Waals surface area contributed by atoms with E-state index < -0.39 is 12.4 Å². The Balaban J connectivity index is 0.00000112. The summed E-state index contributed by atoms with van der Waals surface area (Å²) in [4.78, 5) is 0. The minimum atomic E-state index is -4.89. The SMILES string of the molecule is CC1Cc2cc([B-](F)(F)F)ccc2O1.[K+]. The third kappa shape index (κ3) is 3.00. The maximum absolute atomic E-state index is 12.4. The summed E-state index contributed by atoms with van der Waals surface area (Å²) in [6, 6.07) is 3.68. The Morgan fingerprint density at radius 1 is 1.33 bits per heavy atom. The van der Waals surface area contributed by atoms with E-state index in [0.717, 1.165) is 6.07 Å². The van der Waals surface area contributed by atoms with Crippen LogP contribution >= 0.6 is 0 Å². The van der Waals surface area contributed by atoms with E-state index in [2.05, 4.69) is 0 Å². The number of halogens is 3. The van der Waals surface area contributed by atoms with Gasteiger partial charge in [0.2, 0.25) is 0 Å². The van der Waals surface area contributed by atoms with Crippen molar-refractivity contribution in [3.05, 3.63) is 23.8 Å². The third-order valence-corrected chi connectivity index (χ3v) is 2.30. The van der Waals surface area contributed by atoms with Gasteiger partial charge < -0.3 is 17.7 Å². The molecular weight excluding hydrogens is 231 g/mol. The molecule has 0 radical (unpaired) electrons. The molecule has 0 spiro atoms. The molecule has 1 aromatic carbocycles. The minimum Gasteiger partial charge on any atom is -0.490 e. The van der Waals surface area contributed by atoms with Gasteiger partial charge in [0.05, 0.1) is 0 Å². The van der Waals surface area contributed by atoms with Crippen molar-refractivity contribution in [3.8, 4) is 5.75 Å². The second-order valence-corrected chi connectivity index (χ2v) is 3.57. The van der Waals surface area contributed by atoms with Crippen molar-refractivity contribution in [2.45, 2.75) is 19.4 Å². The van der Waals surface area contributed by atoms with Gasteiger partial charge in [-0.05, 0) is 18.6 Å². The van der Waals surface area contributed by atoms with Crippen LogP contribution in [0.4, 0.5) is 12.9 Å². The van der Waals surface area contributed by atoms with Gasteiger partial charge in [-0.25, -0.2) is 0 Å². The second kappa shape index (κ2) is 4.79. The van der Waals surface area contributed by atoms with Crippen molar-refractivity contribution in [2.24, 2.45) is 0 Å². The van der Waals surface area contributed by atoms with E-state index in [1.807, 2.05) is 6.92 Å². The predicted molar refractivity (Wildman–Crippen MR) is 48.9 cm³/mol. The summed E-state index contributed by atoms with van der Waals surface area (Å²) in [6.07, 6.45) is 0.552. The van der Waals surface area contributed by atoms with Gasteiger partial charge in [-0.3, -0.25) is 0 Å². The molecule has 0 aromatic heterocycles. The van der Waals surface area contributed by atoms with E-state index in [4.69, 9.17) is 4.74 Å². The summed E-state index contributed by atoms with van der Waals surface area (Å²) in [7, 11) is 0. The standard InChI is InChI=1S/C9H9BF3O.K/c1-6-4-7-5-8(10(11,12)13)2-3-9(7)14-6;/h2-3,5-6H,4H2,1H3;/q-1;+1. The minimum absolute atomic E-state index is 0. The Labute approximate surface area is 129 Å². The molecule has 15 heavy (non-hydrogen) atoms. The number of hydrogen-bond acceptors (Lipinski definition) is 1. The van der Waals surface area contributed by atoms with Crippen molar-refractivity contribution < 1.29 is 69.1 Å². The number of fused-ring (bicyclic) bond motifs is 1. The average Bonchev–Trinajstić information content (AvgIpc) is 2.41. The largest absolute Gasteiger partial charge is 1.00 e. The molecule has 76 valence electrons. The molecular formula is C9H9BF3KO. The molecule has 0 saturated heterocycles.